The van der Waals surface area contributed by atoms with Crippen molar-refractivity contribution >= 4 is 22.1 Å². The van der Waals surface area contributed by atoms with Crippen LogP contribution in [0.4, 0.5) is 0 Å². The Labute approximate surface area is 227 Å². The summed E-state index contributed by atoms with van der Waals surface area (Å²) in [6.07, 6.45) is 22.6. The molecule has 0 saturated heterocycles. The summed E-state index contributed by atoms with van der Waals surface area (Å²) in [5.41, 5.74) is 0. The molecule has 0 heterocycles. The van der Waals surface area contributed by atoms with E-state index in [1.54, 1.807) is 0 Å². The van der Waals surface area contributed by atoms with Crippen molar-refractivity contribution in [1.29, 1.82) is 0 Å². The van der Waals surface area contributed by atoms with E-state index in [9.17, 15) is 22.6 Å². The molecule has 0 fully saturated rings. The van der Waals surface area contributed by atoms with Gasteiger partial charge in [0, 0.05) is 6.42 Å². The zero-order chi connectivity index (χ0) is 27.6. The highest BCUT2D eigenvalue weighted by Gasteiger charge is 2.33. The average molecular weight is 549 g/mol. The largest absolute Gasteiger partial charge is 0.466 e. The number of ether oxygens (including phenoxy) is 2. The van der Waals surface area contributed by atoms with Crippen LogP contribution in [0, 0.1) is 0 Å². The lowest BCUT2D eigenvalue weighted by molar-refractivity contribution is -0.145. The van der Waals surface area contributed by atoms with Crippen LogP contribution in [-0.4, -0.2) is 43.4 Å². The van der Waals surface area contributed by atoms with Gasteiger partial charge in [0.05, 0.1) is 13.2 Å². The molecule has 0 bridgehead atoms. The molecule has 0 saturated carbocycles. The Kier molecular flexibility index (Phi) is 24.4. The summed E-state index contributed by atoms with van der Waals surface area (Å²) in [7, 11) is -4.65. The van der Waals surface area contributed by atoms with Gasteiger partial charge < -0.3 is 9.47 Å². The Hall–Kier alpha value is -1.15. The van der Waals surface area contributed by atoms with Gasteiger partial charge in [-0.2, -0.15) is 8.42 Å². The predicted octanol–water partition coefficient (Wildman–Crippen LogP) is 7.95. The third-order valence-electron chi connectivity index (χ3n) is 6.74. The molecule has 0 aliphatic rings. The van der Waals surface area contributed by atoms with Crippen LogP contribution in [0.2, 0.25) is 0 Å². The van der Waals surface area contributed by atoms with Crippen molar-refractivity contribution in [2.24, 2.45) is 0 Å². The molecule has 37 heavy (non-hydrogen) atoms. The number of carbonyl (C=O) groups is 2. The van der Waals surface area contributed by atoms with Crippen LogP contribution >= 0.6 is 0 Å². The molecule has 220 valence electrons. The normalized spacial score (nSPS) is 12.4. The summed E-state index contributed by atoms with van der Waals surface area (Å²) < 4.78 is 43.0. The molecule has 8 heteroatoms. The summed E-state index contributed by atoms with van der Waals surface area (Å²) >= 11 is 0. The van der Waals surface area contributed by atoms with Gasteiger partial charge in [-0.15, -0.1) is 0 Å². The fourth-order valence-electron chi connectivity index (χ4n) is 4.34. The molecule has 0 aliphatic heterocycles. The molecule has 7 nitrogen and oxygen atoms in total. The van der Waals surface area contributed by atoms with E-state index in [2.05, 4.69) is 13.8 Å². The van der Waals surface area contributed by atoms with Crippen molar-refractivity contribution in [3.63, 3.8) is 0 Å². The van der Waals surface area contributed by atoms with E-state index in [1.165, 1.54) is 83.5 Å². The van der Waals surface area contributed by atoms with Gasteiger partial charge in [0.15, 0.2) is 5.25 Å². The van der Waals surface area contributed by atoms with Crippen LogP contribution in [0.15, 0.2) is 0 Å². The SMILES string of the molecule is CCCCCCCCCCCCOC(=O)CCC(C(=O)OCCCCCCCCCCCC)S(=O)(=O)O. The van der Waals surface area contributed by atoms with Crippen LogP contribution in [0.25, 0.3) is 0 Å². The van der Waals surface area contributed by atoms with E-state index in [1.807, 2.05) is 0 Å². The Morgan fingerprint density at radius 1 is 0.595 bits per heavy atom. The predicted molar refractivity (Wildman–Crippen MR) is 150 cm³/mol. The molecule has 1 N–H and O–H groups in total. The molecule has 1 atom stereocenters. The fourth-order valence-corrected chi connectivity index (χ4v) is 5.07. The zero-order valence-electron chi connectivity index (χ0n) is 23.9. The second-order valence-corrected chi connectivity index (χ2v) is 11.9. The molecule has 1 unspecified atom stereocenters. The number of hydrogen-bond donors (Lipinski definition) is 1. The maximum atomic E-state index is 12.2. The van der Waals surface area contributed by atoms with Gasteiger partial charge in [0.2, 0.25) is 0 Å². The minimum atomic E-state index is -4.65. The molecule has 0 spiro atoms. The standard InChI is InChI=1S/C29H56O7S/c1-3-5-7-9-11-13-15-17-19-21-25-35-28(30)24-23-27(37(32,33)34)29(31)36-26-22-20-18-16-14-12-10-8-6-4-2/h27H,3-26H2,1-2H3,(H,32,33,34). The number of carbonyl (C=O) groups excluding carboxylic acids is 2. The molecule has 0 aromatic heterocycles. The fraction of sp³-hybridized carbons (Fsp3) is 0.931. The van der Waals surface area contributed by atoms with Crippen LogP contribution in [-0.2, 0) is 29.2 Å². The highest BCUT2D eigenvalue weighted by atomic mass is 32.2. The Morgan fingerprint density at radius 3 is 1.32 bits per heavy atom. The van der Waals surface area contributed by atoms with Gasteiger partial charge in [-0.1, -0.05) is 129 Å². The van der Waals surface area contributed by atoms with Crippen molar-refractivity contribution in [2.45, 2.75) is 160 Å². The Balaban J connectivity index is 3.89. The lowest BCUT2D eigenvalue weighted by atomic mass is 10.1. The third-order valence-corrected chi connectivity index (χ3v) is 7.88. The minimum Gasteiger partial charge on any atom is -0.466 e. The van der Waals surface area contributed by atoms with Gasteiger partial charge in [-0.3, -0.25) is 14.1 Å². The molecule has 0 aliphatic carbocycles. The first-order valence-electron chi connectivity index (χ1n) is 15.1. The maximum Gasteiger partial charge on any atom is 0.326 e. The van der Waals surface area contributed by atoms with E-state index in [0.29, 0.717) is 6.42 Å². The second-order valence-electron chi connectivity index (χ2n) is 10.3. The first-order valence-corrected chi connectivity index (χ1v) is 16.6. The highest BCUT2D eigenvalue weighted by Crippen LogP contribution is 2.14. The van der Waals surface area contributed by atoms with E-state index < -0.39 is 27.3 Å². The van der Waals surface area contributed by atoms with Gasteiger partial charge >= 0.3 is 11.9 Å². The number of esters is 2. The summed E-state index contributed by atoms with van der Waals surface area (Å²) in [6, 6.07) is 0. The van der Waals surface area contributed by atoms with E-state index in [4.69, 9.17) is 9.47 Å². The zero-order valence-corrected chi connectivity index (χ0v) is 24.7. The molecule has 0 aromatic carbocycles. The van der Waals surface area contributed by atoms with E-state index in [0.717, 1.165) is 38.5 Å². The molecule has 0 rings (SSSR count). The van der Waals surface area contributed by atoms with Crippen molar-refractivity contribution in [2.75, 3.05) is 13.2 Å². The third kappa shape index (κ3) is 23.7. The molecule has 0 radical (unpaired) electrons. The van der Waals surface area contributed by atoms with Crippen LogP contribution in [0.3, 0.4) is 0 Å². The summed E-state index contributed by atoms with van der Waals surface area (Å²) in [4.78, 5) is 24.2. The summed E-state index contributed by atoms with van der Waals surface area (Å²) in [5, 5.41) is -1.75. The summed E-state index contributed by atoms with van der Waals surface area (Å²) in [6.45, 7) is 4.83. The van der Waals surface area contributed by atoms with Crippen molar-refractivity contribution in [1.82, 2.24) is 0 Å². The smallest absolute Gasteiger partial charge is 0.326 e. The van der Waals surface area contributed by atoms with Crippen molar-refractivity contribution < 1.29 is 32.0 Å². The minimum absolute atomic E-state index is 0.116. The Morgan fingerprint density at radius 2 is 0.946 bits per heavy atom. The first-order chi connectivity index (χ1) is 17.8. The highest BCUT2D eigenvalue weighted by molar-refractivity contribution is 7.87. The maximum absolute atomic E-state index is 12.2. The van der Waals surface area contributed by atoms with E-state index >= 15 is 0 Å². The molecular formula is C29H56O7S. The summed E-state index contributed by atoms with van der Waals surface area (Å²) in [5.74, 6) is -1.56. The molecule has 0 amide bonds. The lowest BCUT2D eigenvalue weighted by Gasteiger charge is -2.13. The van der Waals surface area contributed by atoms with Crippen LogP contribution in [0.1, 0.15) is 155 Å². The number of rotatable bonds is 27. The molecule has 0 aromatic rings. The number of unbranched alkanes of at least 4 members (excludes halogenated alkanes) is 18. The van der Waals surface area contributed by atoms with Crippen LogP contribution in [0.5, 0.6) is 0 Å². The molecular weight excluding hydrogens is 492 g/mol. The van der Waals surface area contributed by atoms with Gasteiger partial charge in [0.25, 0.3) is 10.1 Å². The van der Waals surface area contributed by atoms with Gasteiger partial charge in [-0.25, -0.2) is 0 Å². The first kappa shape index (κ1) is 35.9. The van der Waals surface area contributed by atoms with E-state index in [-0.39, 0.29) is 26.1 Å². The van der Waals surface area contributed by atoms with Gasteiger partial charge in [0.1, 0.15) is 0 Å². The topological polar surface area (TPSA) is 107 Å². The van der Waals surface area contributed by atoms with Crippen molar-refractivity contribution in [3.05, 3.63) is 0 Å². The van der Waals surface area contributed by atoms with Crippen LogP contribution < -0.4 is 0 Å². The van der Waals surface area contributed by atoms with Gasteiger partial charge in [-0.05, 0) is 19.3 Å². The monoisotopic (exact) mass is 548 g/mol. The average Bonchev–Trinajstić information content (AvgIpc) is 2.85. The number of hydrogen-bond acceptors (Lipinski definition) is 6. The second kappa shape index (κ2) is 25.1. The lowest BCUT2D eigenvalue weighted by Crippen LogP contribution is -2.32. The Bertz CT molecular complexity index is 649. The quantitative estimate of drug-likeness (QED) is 0.0630. The van der Waals surface area contributed by atoms with Crippen molar-refractivity contribution in [3.8, 4) is 0 Å².